The zero-order valence-corrected chi connectivity index (χ0v) is 17.2. The summed E-state index contributed by atoms with van der Waals surface area (Å²) < 4.78 is 10.2. The van der Waals surface area contributed by atoms with E-state index < -0.39 is 5.97 Å². The lowest BCUT2D eigenvalue weighted by Gasteiger charge is -2.50. The van der Waals surface area contributed by atoms with Crippen LogP contribution in [0.1, 0.15) is 32.6 Å². The largest absolute Gasteiger partial charge is 0.511 e. The fraction of sp³-hybridized carbons (Fsp3) is 0.435. The van der Waals surface area contributed by atoms with Crippen LogP contribution >= 0.6 is 11.6 Å². The van der Waals surface area contributed by atoms with Gasteiger partial charge in [0.25, 0.3) is 0 Å². The molecule has 1 N–H and O–H groups in total. The van der Waals surface area contributed by atoms with Crippen molar-refractivity contribution in [2.45, 2.75) is 37.5 Å². The zero-order chi connectivity index (χ0) is 20.5. The van der Waals surface area contributed by atoms with Crippen molar-refractivity contribution >= 4 is 17.6 Å². The Bertz CT molecular complexity index is 889. The summed E-state index contributed by atoms with van der Waals surface area (Å²) in [6.45, 7) is 5.65. The lowest BCUT2D eigenvalue weighted by molar-refractivity contribution is -0.133. The van der Waals surface area contributed by atoms with Gasteiger partial charge in [0, 0.05) is 17.1 Å². The lowest BCUT2D eigenvalue weighted by atomic mass is 9.58. The van der Waals surface area contributed by atoms with Gasteiger partial charge < -0.3 is 14.6 Å². The van der Waals surface area contributed by atoms with Gasteiger partial charge in [-0.25, -0.2) is 4.79 Å². The minimum atomic E-state index is -0.666. The SMILES string of the molecule is C=C(/C=C\C(C#CC(=O)OC)=C(/C)O)/C(OC)=C1/C2=CC3(Cl)CC(C2)C[C@H]1C3. The summed E-state index contributed by atoms with van der Waals surface area (Å²) in [6, 6.07) is 0. The number of ether oxygens (including phenoxy) is 2. The maximum atomic E-state index is 11.2. The Hall–Kier alpha value is -2.38. The third-order valence-electron chi connectivity index (χ3n) is 5.59. The molecule has 3 atom stereocenters. The van der Waals surface area contributed by atoms with Crippen molar-refractivity contribution in [3.63, 3.8) is 0 Å². The third kappa shape index (κ3) is 4.05. The summed E-state index contributed by atoms with van der Waals surface area (Å²) in [7, 11) is 2.90. The second kappa shape index (κ2) is 7.93. The highest BCUT2D eigenvalue weighted by Gasteiger charge is 2.49. The lowest BCUT2D eigenvalue weighted by Crippen LogP contribution is -2.43. The summed E-state index contributed by atoms with van der Waals surface area (Å²) in [5, 5.41) is 9.83. The van der Waals surface area contributed by atoms with Crippen LogP contribution in [0, 0.1) is 23.7 Å². The first-order valence-electron chi connectivity index (χ1n) is 9.32. The first-order chi connectivity index (χ1) is 13.3. The quantitative estimate of drug-likeness (QED) is 0.185. The molecule has 0 radical (unpaired) electrons. The van der Waals surface area contributed by atoms with Gasteiger partial charge in [0.1, 0.15) is 11.5 Å². The van der Waals surface area contributed by atoms with E-state index in [0.717, 1.165) is 31.4 Å². The number of hydrogen-bond acceptors (Lipinski definition) is 4. The molecule has 2 saturated carbocycles. The van der Waals surface area contributed by atoms with Gasteiger partial charge in [-0.05, 0) is 56.1 Å². The van der Waals surface area contributed by atoms with Crippen molar-refractivity contribution in [3.8, 4) is 11.8 Å². The zero-order valence-electron chi connectivity index (χ0n) is 16.5. The number of aliphatic hydroxyl groups excluding tert-OH is 1. The van der Waals surface area contributed by atoms with Gasteiger partial charge in [-0.15, -0.1) is 11.6 Å². The van der Waals surface area contributed by atoms with Gasteiger partial charge in [0.05, 0.1) is 24.7 Å². The molecule has 2 unspecified atom stereocenters. The molecule has 28 heavy (non-hydrogen) atoms. The summed E-state index contributed by atoms with van der Waals surface area (Å²) in [5.41, 5.74) is 3.49. The first kappa shape index (κ1) is 20.4. The maximum absolute atomic E-state index is 11.2. The summed E-state index contributed by atoms with van der Waals surface area (Å²) in [6.07, 6.45) is 9.74. The predicted octanol–water partition coefficient (Wildman–Crippen LogP) is 4.75. The molecule has 148 valence electrons. The number of esters is 1. The van der Waals surface area contributed by atoms with Crippen LogP contribution in [-0.4, -0.2) is 30.2 Å². The number of allylic oxidation sites excluding steroid dienone is 7. The van der Waals surface area contributed by atoms with Gasteiger partial charge in [0.2, 0.25) is 0 Å². The van der Waals surface area contributed by atoms with Crippen LogP contribution in [0.5, 0.6) is 0 Å². The summed E-state index contributed by atoms with van der Waals surface area (Å²) in [5.74, 6) is 6.06. The van der Waals surface area contributed by atoms with Gasteiger partial charge in [0.15, 0.2) is 0 Å². The average molecular weight is 401 g/mol. The first-order valence-corrected chi connectivity index (χ1v) is 9.70. The number of aliphatic hydroxyl groups is 1. The van der Waals surface area contributed by atoms with Crippen molar-refractivity contribution in [1.29, 1.82) is 0 Å². The topological polar surface area (TPSA) is 55.8 Å². The van der Waals surface area contributed by atoms with Gasteiger partial charge >= 0.3 is 5.97 Å². The smallest absolute Gasteiger partial charge is 0.384 e. The molecule has 0 aromatic rings. The molecule has 4 bridgehead atoms. The van der Waals surface area contributed by atoms with Crippen molar-refractivity contribution in [2.75, 3.05) is 14.2 Å². The van der Waals surface area contributed by atoms with Crippen LogP contribution in [0.2, 0.25) is 0 Å². The second-order valence-corrected chi connectivity index (χ2v) is 8.41. The van der Waals surface area contributed by atoms with E-state index in [2.05, 4.69) is 29.2 Å². The second-order valence-electron chi connectivity index (χ2n) is 7.66. The number of rotatable bonds is 4. The summed E-state index contributed by atoms with van der Waals surface area (Å²) in [4.78, 5) is 11.0. The van der Waals surface area contributed by atoms with Crippen LogP contribution in [0.15, 0.2) is 58.6 Å². The number of carbonyl (C=O) groups excluding carboxylic acids is 1. The number of alkyl halides is 1. The van der Waals surface area contributed by atoms with E-state index in [4.69, 9.17) is 16.3 Å². The maximum Gasteiger partial charge on any atom is 0.384 e. The predicted molar refractivity (Wildman–Crippen MR) is 110 cm³/mol. The Morgan fingerprint density at radius 3 is 2.64 bits per heavy atom. The minimum Gasteiger partial charge on any atom is -0.511 e. The third-order valence-corrected chi connectivity index (χ3v) is 6.01. The molecule has 0 aromatic carbocycles. The van der Waals surface area contributed by atoms with E-state index in [-0.39, 0.29) is 10.6 Å². The molecular formula is C23H25ClO4. The van der Waals surface area contributed by atoms with Crippen LogP contribution in [0.25, 0.3) is 0 Å². The standard InChI is InChI=1S/C23H25ClO4/c1-14(5-6-17(15(2)25)7-8-20(26)27-3)22(28-4)21-18-9-16-10-19(21)13-23(24,11-16)12-18/h5-6,12,16,19,25H,1,9-11,13H2,2-4H3/b6-5-,17-15-,22-21+/t16?,19-,23?/m0/s1. The fourth-order valence-corrected chi connectivity index (χ4v) is 5.13. The Morgan fingerprint density at radius 2 is 2.07 bits per heavy atom. The van der Waals surface area contributed by atoms with E-state index in [0.29, 0.717) is 23.0 Å². The normalized spacial score (nSPS) is 30.2. The molecule has 0 heterocycles. The van der Waals surface area contributed by atoms with Crippen LogP contribution in [0.4, 0.5) is 0 Å². The van der Waals surface area contributed by atoms with Gasteiger partial charge in [-0.1, -0.05) is 24.7 Å². The van der Waals surface area contributed by atoms with Crippen LogP contribution in [0.3, 0.4) is 0 Å². The van der Waals surface area contributed by atoms with Crippen LogP contribution in [-0.2, 0) is 14.3 Å². The van der Waals surface area contributed by atoms with Gasteiger partial charge in [-0.3, -0.25) is 0 Å². The van der Waals surface area contributed by atoms with Crippen molar-refractivity contribution < 1.29 is 19.4 Å². The molecule has 0 amide bonds. The Balaban J connectivity index is 1.89. The highest BCUT2D eigenvalue weighted by atomic mass is 35.5. The number of halogens is 1. The van der Waals surface area contributed by atoms with E-state index in [1.54, 1.807) is 19.3 Å². The molecule has 4 nitrogen and oxygen atoms in total. The van der Waals surface area contributed by atoms with Crippen molar-refractivity contribution in [1.82, 2.24) is 0 Å². The van der Waals surface area contributed by atoms with Crippen molar-refractivity contribution in [3.05, 3.63) is 58.6 Å². The molecule has 0 saturated heterocycles. The average Bonchev–Trinajstić information content (AvgIpc) is 2.62. The highest BCUT2D eigenvalue weighted by Crippen LogP contribution is 2.58. The summed E-state index contributed by atoms with van der Waals surface area (Å²) >= 11 is 6.77. The van der Waals surface area contributed by atoms with Crippen LogP contribution < -0.4 is 0 Å². The number of carbonyl (C=O) groups is 1. The Kier molecular flexibility index (Phi) is 5.76. The fourth-order valence-electron chi connectivity index (χ4n) is 4.59. The molecule has 4 aliphatic carbocycles. The molecule has 5 heteroatoms. The molecule has 0 aromatic heterocycles. The van der Waals surface area contributed by atoms with Crippen molar-refractivity contribution in [2.24, 2.45) is 11.8 Å². The van der Waals surface area contributed by atoms with E-state index in [9.17, 15) is 9.90 Å². The van der Waals surface area contributed by atoms with E-state index in [1.807, 2.05) is 0 Å². The highest BCUT2D eigenvalue weighted by molar-refractivity contribution is 6.25. The van der Waals surface area contributed by atoms with Gasteiger partial charge in [-0.2, -0.15) is 0 Å². The Labute approximate surface area is 171 Å². The number of hydrogen-bond donors (Lipinski definition) is 1. The van der Waals surface area contributed by atoms with E-state index >= 15 is 0 Å². The molecule has 0 spiro atoms. The molecule has 2 fully saturated rings. The molecule has 0 aliphatic heterocycles. The Morgan fingerprint density at radius 1 is 1.32 bits per heavy atom. The van der Waals surface area contributed by atoms with E-state index in [1.165, 1.54) is 25.2 Å². The number of methoxy groups -OCH3 is 2. The molecular weight excluding hydrogens is 376 g/mol. The monoisotopic (exact) mass is 400 g/mol. The minimum absolute atomic E-state index is 0.00786. The molecule has 4 aliphatic rings. The molecule has 4 rings (SSSR count).